The summed E-state index contributed by atoms with van der Waals surface area (Å²) in [5.41, 5.74) is 6.65. The average Bonchev–Trinajstić information content (AvgIpc) is 2.31. The quantitative estimate of drug-likeness (QED) is 0.330. The highest BCUT2D eigenvalue weighted by Gasteiger charge is 2.09. The molecule has 6 heteroatoms. The molecule has 0 spiro atoms. The van der Waals surface area contributed by atoms with E-state index in [0.29, 0.717) is 23.6 Å². The number of carbonyl (C=O) groups is 1. The summed E-state index contributed by atoms with van der Waals surface area (Å²) in [7, 11) is 0. The van der Waals surface area contributed by atoms with E-state index < -0.39 is 0 Å². The van der Waals surface area contributed by atoms with Gasteiger partial charge < -0.3 is 16.3 Å². The zero-order valence-corrected chi connectivity index (χ0v) is 10.2. The number of nitrogens with zero attached hydrogens (tertiary/aromatic N) is 1. The van der Waals surface area contributed by atoms with E-state index >= 15 is 0 Å². The first-order valence-corrected chi connectivity index (χ1v) is 5.43. The Morgan fingerprint density at radius 3 is 2.94 bits per heavy atom. The fourth-order valence-electron chi connectivity index (χ4n) is 1.29. The number of benzene rings is 1. The van der Waals surface area contributed by atoms with Gasteiger partial charge in [0.25, 0.3) is 5.91 Å². The van der Waals surface area contributed by atoms with Crippen LogP contribution in [0.25, 0.3) is 0 Å². The molecule has 1 amide bonds. The summed E-state index contributed by atoms with van der Waals surface area (Å²) >= 11 is 5.82. The van der Waals surface area contributed by atoms with Crippen LogP contribution in [-0.4, -0.2) is 23.5 Å². The molecule has 0 saturated carbocycles. The molecule has 1 aromatic carbocycles. The molecule has 4 N–H and O–H groups in total. The highest BCUT2D eigenvalue weighted by Crippen LogP contribution is 2.15. The van der Waals surface area contributed by atoms with E-state index in [4.69, 9.17) is 22.5 Å². The fourth-order valence-corrected chi connectivity index (χ4v) is 1.46. The maximum Gasteiger partial charge on any atom is 0.251 e. The van der Waals surface area contributed by atoms with Crippen LogP contribution in [0.4, 0.5) is 0 Å². The molecular weight excluding hydrogens is 242 g/mol. The van der Waals surface area contributed by atoms with E-state index in [1.165, 1.54) is 0 Å². The van der Waals surface area contributed by atoms with Crippen molar-refractivity contribution in [1.29, 1.82) is 0 Å². The monoisotopic (exact) mass is 255 g/mol. The highest BCUT2D eigenvalue weighted by molar-refractivity contribution is 6.31. The first-order chi connectivity index (χ1) is 8.04. The number of nitrogens with one attached hydrogen (secondary N) is 1. The number of halogens is 1. The third-order valence-electron chi connectivity index (χ3n) is 2.24. The summed E-state index contributed by atoms with van der Waals surface area (Å²) in [5, 5.41) is 14.3. The van der Waals surface area contributed by atoms with Crippen molar-refractivity contribution in [2.75, 3.05) is 6.54 Å². The second kappa shape index (κ2) is 6.10. The third kappa shape index (κ3) is 3.96. The molecular formula is C11H14ClN3O2. The normalized spacial score (nSPS) is 11.3. The third-order valence-corrected chi connectivity index (χ3v) is 2.47. The van der Waals surface area contributed by atoms with Crippen LogP contribution in [0.2, 0.25) is 5.02 Å². The number of hydrogen-bond donors (Lipinski definition) is 3. The van der Waals surface area contributed by atoms with Gasteiger partial charge in [0.1, 0.15) is 5.84 Å². The van der Waals surface area contributed by atoms with Crippen LogP contribution < -0.4 is 11.1 Å². The van der Waals surface area contributed by atoms with Gasteiger partial charge in [0.05, 0.1) is 0 Å². The fraction of sp³-hybridized carbons (Fsp3) is 0.273. The minimum Gasteiger partial charge on any atom is -0.409 e. The number of rotatable bonds is 4. The molecule has 0 unspecified atom stereocenters. The van der Waals surface area contributed by atoms with Gasteiger partial charge >= 0.3 is 0 Å². The number of oxime groups is 1. The molecule has 5 nitrogen and oxygen atoms in total. The van der Waals surface area contributed by atoms with Crippen molar-refractivity contribution < 1.29 is 10.0 Å². The summed E-state index contributed by atoms with van der Waals surface area (Å²) in [6.07, 6.45) is 0.294. The molecule has 0 radical (unpaired) electrons. The molecule has 1 rings (SSSR count). The summed E-state index contributed by atoms with van der Waals surface area (Å²) in [6, 6.07) is 5.11. The standard InChI is InChI=1S/C11H14ClN3O2/c1-7-2-3-8(12)6-9(7)11(16)14-5-4-10(13)15-17/h2-3,6,17H,4-5H2,1H3,(H2,13,15)(H,14,16). The maximum atomic E-state index is 11.8. The van der Waals surface area contributed by atoms with E-state index in [2.05, 4.69) is 10.5 Å². The van der Waals surface area contributed by atoms with E-state index in [9.17, 15) is 4.79 Å². The van der Waals surface area contributed by atoms with Gasteiger partial charge in [0.15, 0.2) is 0 Å². The van der Waals surface area contributed by atoms with Crippen molar-refractivity contribution in [2.24, 2.45) is 10.9 Å². The predicted molar refractivity (Wildman–Crippen MR) is 66.5 cm³/mol. The highest BCUT2D eigenvalue weighted by atomic mass is 35.5. The lowest BCUT2D eigenvalue weighted by Gasteiger charge is -2.07. The molecule has 0 bridgehead atoms. The van der Waals surface area contributed by atoms with E-state index in [0.717, 1.165) is 5.56 Å². The Morgan fingerprint density at radius 1 is 1.59 bits per heavy atom. The molecule has 0 aliphatic heterocycles. The molecule has 92 valence electrons. The van der Waals surface area contributed by atoms with E-state index in [1.54, 1.807) is 18.2 Å². The van der Waals surface area contributed by atoms with Crippen molar-refractivity contribution in [3.63, 3.8) is 0 Å². The van der Waals surface area contributed by atoms with Crippen LogP contribution in [0, 0.1) is 6.92 Å². The molecule has 0 aliphatic carbocycles. The van der Waals surface area contributed by atoms with Gasteiger partial charge in [-0.15, -0.1) is 0 Å². The van der Waals surface area contributed by atoms with Crippen LogP contribution in [0.15, 0.2) is 23.4 Å². The Hall–Kier alpha value is -1.75. The van der Waals surface area contributed by atoms with Crippen LogP contribution in [0.3, 0.4) is 0 Å². The zero-order chi connectivity index (χ0) is 12.8. The molecule has 0 fully saturated rings. The van der Waals surface area contributed by atoms with Crippen LogP contribution in [0.5, 0.6) is 0 Å². The second-order valence-electron chi connectivity index (χ2n) is 3.56. The molecule has 1 aromatic rings. The molecule has 0 aliphatic rings. The number of amidine groups is 1. The van der Waals surface area contributed by atoms with Gasteiger partial charge in [-0.3, -0.25) is 4.79 Å². The van der Waals surface area contributed by atoms with Crippen molar-refractivity contribution in [3.05, 3.63) is 34.3 Å². The Balaban J connectivity index is 2.61. The van der Waals surface area contributed by atoms with Gasteiger partial charge in [-0.25, -0.2) is 0 Å². The smallest absolute Gasteiger partial charge is 0.251 e. The summed E-state index contributed by atoms with van der Waals surface area (Å²) in [6.45, 7) is 2.13. The van der Waals surface area contributed by atoms with Gasteiger partial charge in [-0.05, 0) is 24.6 Å². The Bertz CT molecular complexity index is 446. The average molecular weight is 256 g/mol. The minimum atomic E-state index is -0.226. The minimum absolute atomic E-state index is 0.0770. The summed E-state index contributed by atoms with van der Waals surface area (Å²) in [4.78, 5) is 11.8. The summed E-state index contributed by atoms with van der Waals surface area (Å²) < 4.78 is 0. The zero-order valence-electron chi connectivity index (χ0n) is 9.40. The van der Waals surface area contributed by atoms with Crippen molar-refractivity contribution in [2.45, 2.75) is 13.3 Å². The predicted octanol–water partition coefficient (Wildman–Crippen LogP) is 1.51. The maximum absolute atomic E-state index is 11.8. The Kier molecular flexibility index (Phi) is 4.78. The van der Waals surface area contributed by atoms with Crippen molar-refractivity contribution in [3.8, 4) is 0 Å². The van der Waals surface area contributed by atoms with Crippen LogP contribution in [0.1, 0.15) is 22.3 Å². The van der Waals surface area contributed by atoms with E-state index in [1.807, 2.05) is 6.92 Å². The first-order valence-electron chi connectivity index (χ1n) is 5.05. The Morgan fingerprint density at radius 2 is 2.29 bits per heavy atom. The molecule has 0 aromatic heterocycles. The number of carbonyl (C=O) groups excluding carboxylic acids is 1. The first kappa shape index (κ1) is 13.3. The SMILES string of the molecule is Cc1ccc(Cl)cc1C(=O)NCC/C(N)=N/O. The molecule has 0 saturated heterocycles. The van der Waals surface area contributed by atoms with Crippen molar-refractivity contribution >= 4 is 23.3 Å². The lowest BCUT2D eigenvalue weighted by Crippen LogP contribution is -2.28. The molecule has 0 heterocycles. The topological polar surface area (TPSA) is 87.7 Å². The number of hydrogen-bond acceptors (Lipinski definition) is 3. The van der Waals surface area contributed by atoms with Gasteiger partial charge in [0, 0.05) is 23.6 Å². The summed E-state index contributed by atoms with van der Waals surface area (Å²) in [5.74, 6) is -0.149. The van der Waals surface area contributed by atoms with Crippen LogP contribution in [-0.2, 0) is 0 Å². The number of aryl methyl sites for hydroxylation is 1. The largest absolute Gasteiger partial charge is 0.409 e. The lowest BCUT2D eigenvalue weighted by atomic mass is 10.1. The van der Waals surface area contributed by atoms with Crippen LogP contribution >= 0.6 is 11.6 Å². The van der Waals surface area contributed by atoms with E-state index in [-0.39, 0.29) is 11.7 Å². The number of nitrogens with two attached hydrogens (primary N) is 1. The Labute approximate surface area is 104 Å². The van der Waals surface area contributed by atoms with Gasteiger partial charge in [0.2, 0.25) is 0 Å². The molecule has 17 heavy (non-hydrogen) atoms. The molecule has 0 atom stereocenters. The second-order valence-corrected chi connectivity index (χ2v) is 3.99. The van der Waals surface area contributed by atoms with Gasteiger partial charge in [-0.2, -0.15) is 0 Å². The van der Waals surface area contributed by atoms with Gasteiger partial charge in [-0.1, -0.05) is 22.8 Å². The van der Waals surface area contributed by atoms with Crippen molar-refractivity contribution in [1.82, 2.24) is 5.32 Å². The number of amides is 1. The lowest BCUT2D eigenvalue weighted by molar-refractivity contribution is 0.0954.